The molecular formula is C75H132NO8+. The van der Waals surface area contributed by atoms with E-state index in [1.54, 1.807) is 0 Å². The van der Waals surface area contributed by atoms with Crippen LogP contribution >= 0.6 is 0 Å². The van der Waals surface area contributed by atoms with E-state index in [2.05, 4.69) is 111 Å². The van der Waals surface area contributed by atoms with Gasteiger partial charge in [-0.2, -0.15) is 0 Å². The van der Waals surface area contributed by atoms with Crippen LogP contribution in [0.5, 0.6) is 0 Å². The van der Waals surface area contributed by atoms with E-state index in [1.807, 2.05) is 21.1 Å². The zero-order chi connectivity index (χ0) is 61.2. The van der Waals surface area contributed by atoms with Crippen LogP contribution in [0.1, 0.15) is 303 Å². The Bertz CT molecular complexity index is 1700. The van der Waals surface area contributed by atoms with Gasteiger partial charge in [0.05, 0.1) is 34.4 Å². The first kappa shape index (κ1) is 80.2. The number of quaternary nitrogens is 1. The fourth-order valence-electron chi connectivity index (χ4n) is 9.80. The lowest BCUT2D eigenvalue weighted by Gasteiger charge is -2.25. The van der Waals surface area contributed by atoms with Gasteiger partial charge in [-0.1, -0.05) is 310 Å². The second kappa shape index (κ2) is 65.2. The summed E-state index contributed by atoms with van der Waals surface area (Å²) >= 11 is 0. The number of carbonyl (C=O) groups is 3. The van der Waals surface area contributed by atoms with Crippen molar-refractivity contribution in [1.29, 1.82) is 0 Å². The van der Waals surface area contributed by atoms with Crippen LogP contribution in [0, 0.1) is 0 Å². The lowest BCUT2D eigenvalue weighted by Crippen LogP contribution is -2.40. The summed E-state index contributed by atoms with van der Waals surface area (Å²) in [7, 11) is 5.98. The molecule has 484 valence electrons. The second-order valence-corrected chi connectivity index (χ2v) is 24.5. The summed E-state index contributed by atoms with van der Waals surface area (Å²) in [6.45, 7) is 4.80. The van der Waals surface area contributed by atoms with Gasteiger partial charge in [0.15, 0.2) is 6.10 Å². The monoisotopic (exact) mass is 1170 g/mol. The third kappa shape index (κ3) is 65.7. The van der Waals surface area contributed by atoms with Gasteiger partial charge in [-0.25, -0.2) is 4.79 Å². The van der Waals surface area contributed by atoms with E-state index >= 15 is 0 Å². The zero-order valence-electron chi connectivity index (χ0n) is 55.3. The lowest BCUT2D eigenvalue weighted by molar-refractivity contribution is -0.870. The van der Waals surface area contributed by atoms with Gasteiger partial charge in [0.2, 0.25) is 0 Å². The molecule has 0 saturated carbocycles. The highest BCUT2D eigenvalue weighted by Crippen LogP contribution is 2.18. The number of ether oxygens (including phenoxy) is 4. The van der Waals surface area contributed by atoms with Gasteiger partial charge in [-0.15, -0.1) is 0 Å². The number of carboxylic acids is 1. The molecule has 0 amide bonds. The van der Waals surface area contributed by atoms with Crippen LogP contribution < -0.4 is 0 Å². The quantitative estimate of drug-likeness (QED) is 0.0211. The van der Waals surface area contributed by atoms with Crippen LogP contribution in [-0.4, -0.2) is 87.4 Å². The minimum absolute atomic E-state index is 0.181. The van der Waals surface area contributed by atoms with Gasteiger partial charge < -0.3 is 28.5 Å². The van der Waals surface area contributed by atoms with Crippen molar-refractivity contribution in [1.82, 2.24) is 0 Å². The molecule has 0 aromatic rings. The van der Waals surface area contributed by atoms with Crippen molar-refractivity contribution in [3.8, 4) is 0 Å². The number of hydrogen-bond donors (Lipinski definition) is 1. The number of unbranched alkanes of at least 4 members (excludes halogenated alkanes) is 33. The molecule has 0 aliphatic rings. The first-order valence-corrected chi connectivity index (χ1v) is 34.9. The second-order valence-electron chi connectivity index (χ2n) is 24.5. The highest BCUT2D eigenvalue weighted by atomic mass is 16.7. The SMILES string of the molecule is CC/C=C\C/C=C\C/C=C\C/C=C\C/C=C\C/C=C\C/C=C\C/C=C\CCCCCCCCCCCCCCCCC(=O)OC(COC(=O)CCCCCCCCCCCCCCCCCCCCCC)COC(OCC[N+](C)(C)C)C(=O)O. The molecule has 1 N–H and O–H groups in total. The van der Waals surface area contributed by atoms with E-state index in [9.17, 15) is 19.5 Å². The molecule has 0 rings (SSSR count). The van der Waals surface area contributed by atoms with Gasteiger partial charge >= 0.3 is 17.9 Å². The van der Waals surface area contributed by atoms with Crippen molar-refractivity contribution in [2.45, 2.75) is 315 Å². The third-order valence-corrected chi connectivity index (χ3v) is 15.1. The molecule has 9 nitrogen and oxygen atoms in total. The van der Waals surface area contributed by atoms with Crippen molar-refractivity contribution in [3.05, 3.63) is 97.2 Å². The Labute approximate surface area is 518 Å². The van der Waals surface area contributed by atoms with E-state index in [4.69, 9.17) is 18.9 Å². The average Bonchev–Trinajstić information content (AvgIpc) is 3.52. The molecule has 0 aliphatic heterocycles. The van der Waals surface area contributed by atoms with Crippen molar-refractivity contribution in [3.63, 3.8) is 0 Å². The Hall–Kier alpha value is -3.79. The molecule has 0 fully saturated rings. The zero-order valence-corrected chi connectivity index (χ0v) is 55.3. The number of hydrogen-bond acceptors (Lipinski definition) is 7. The predicted molar refractivity (Wildman–Crippen MR) is 359 cm³/mol. The van der Waals surface area contributed by atoms with Gasteiger partial charge in [0.25, 0.3) is 6.29 Å². The van der Waals surface area contributed by atoms with Gasteiger partial charge in [0, 0.05) is 12.8 Å². The van der Waals surface area contributed by atoms with Crippen molar-refractivity contribution in [2.24, 2.45) is 0 Å². The number of nitrogens with zero attached hydrogens (tertiary/aromatic N) is 1. The molecule has 2 atom stereocenters. The molecule has 0 aromatic heterocycles. The largest absolute Gasteiger partial charge is 0.477 e. The normalized spacial score (nSPS) is 13.3. The van der Waals surface area contributed by atoms with Gasteiger partial charge in [-0.3, -0.25) is 9.59 Å². The van der Waals surface area contributed by atoms with Crippen LogP contribution in [0.4, 0.5) is 0 Å². The summed E-state index contributed by atoms with van der Waals surface area (Å²) < 4.78 is 23.0. The molecule has 0 aliphatic carbocycles. The Balaban J connectivity index is 4.08. The average molecular weight is 1180 g/mol. The van der Waals surface area contributed by atoms with Crippen molar-refractivity contribution < 1.29 is 42.9 Å². The van der Waals surface area contributed by atoms with E-state index < -0.39 is 24.3 Å². The summed E-state index contributed by atoms with van der Waals surface area (Å²) in [6, 6.07) is 0. The number of carbonyl (C=O) groups excluding carboxylic acids is 2. The molecule has 0 aromatic carbocycles. The van der Waals surface area contributed by atoms with Crippen molar-refractivity contribution in [2.75, 3.05) is 47.5 Å². The Morgan fingerprint density at radius 1 is 0.369 bits per heavy atom. The maximum absolute atomic E-state index is 12.9. The number of allylic oxidation sites excluding steroid dienone is 16. The molecule has 0 spiro atoms. The first-order valence-electron chi connectivity index (χ1n) is 34.9. The molecule has 0 radical (unpaired) electrons. The number of carboxylic acid groups (broad SMARTS) is 1. The maximum Gasteiger partial charge on any atom is 0.361 e. The van der Waals surface area contributed by atoms with Gasteiger partial charge in [-0.05, 0) is 77.0 Å². The first-order chi connectivity index (χ1) is 41.1. The summed E-state index contributed by atoms with van der Waals surface area (Å²) in [4.78, 5) is 37.6. The van der Waals surface area contributed by atoms with Crippen LogP contribution in [0.3, 0.4) is 0 Å². The van der Waals surface area contributed by atoms with E-state index in [1.165, 1.54) is 186 Å². The third-order valence-electron chi connectivity index (χ3n) is 15.1. The van der Waals surface area contributed by atoms with Gasteiger partial charge in [0.1, 0.15) is 13.2 Å². The maximum atomic E-state index is 12.9. The van der Waals surface area contributed by atoms with E-state index in [-0.39, 0.29) is 32.2 Å². The smallest absolute Gasteiger partial charge is 0.361 e. The summed E-state index contributed by atoms with van der Waals surface area (Å²) in [6.07, 6.45) is 86.6. The fourth-order valence-corrected chi connectivity index (χ4v) is 9.80. The van der Waals surface area contributed by atoms with Crippen LogP contribution in [0.2, 0.25) is 0 Å². The van der Waals surface area contributed by atoms with Crippen molar-refractivity contribution >= 4 is 17.9 Å². The Morgan fingerprint density at radius 3 is 1.01 bits per heavy atom. The molecule has 0 heterocycles. The molecule has 9 heteroatoms. The van der Waals surface area contributed by atoms with E-state index in [0.717, 1.165) is 89.9 Å². The molecule has 0 saturated heterocycles. The van der Waals surface area contributed by atoms with Crippen LogP contribution in [0.15, 0.2) is 97.2 Å². The van der Waals surface area contributed by atoms with E-state index in [0.29, 0.717) is 17.4 Å². The topological polar surface area (TPSA) is 108 Å². The Kier molecular flexibility index (Phi) is 62.2. The predicted octanol–water partition coefficient (Wildman–Crippen LogP) is 21.6. The minimum Gasteiger partial charge on any atom is -0.477 e. The molecule has 2 unspecified atom stereocenters. The lowest BCUT2D eigenvalue weighted by atomic mass is 10.0. The standard InChI is InChI=1S/C75H131NO8/c1-6-8-10-12-14-16-18-20-22-24-26-28-29-30-31-32-33-34-35-36-37-38-39-40-41-42-43-44-45-46-48-50-52-54-56-58-60-62-64-66-73(78)84-71(70-83-75(74(79)80)81-68-67-76(3,4)5)69-82-72(77)65-63-61-59-57-55-53-51-49-47-27-25-23-21-19-17-15-13-11-9-7-2/h8,10,14,16,20,22,26,28,30-31,33-34,36-37,39-40,71,75H,6-7,9,11-13,15,17-19,21,23-25,27,29,32,35,38,41-70H2,1-5H3/p+1/b10-8-,16-14-,22-20-,28-26-,31-30-,34-33-,37-36-,40-39-. The highest BCUT2D eigenvalue weighted by Gasteiger charge is 2.25. The minimum atomic E-state index is -1.51. The number of rotatable bonds is 64. The Morgan fingerprint density at radius 2 is 0.679 bits per heavy atom. The highest BCUT2D eigenvalue weighted by molar-refractivity contribution is 5.71. The summed E-state index contributed by atoms with van der Waals surface area (Å²) in [5, 5.41) is 9.74. The molecule has 84 heavy (non-hydrogen) atoms. The van der Waals surface area contributed by atoms with Crippen LogP contribution in [-0.2, 0) is 33.3 Å². The molecular weight excluding hydrogens is 1040 g/mol. The molecule has 0 bridgehead atoms. The van der Waals surface area contributed by atoms with Crippen LogP contribution in [0.25, 0.3) is 0 Å². The number of esters is 2. The number of aliphatic carboxylic acids is 1. The summed E-state index contributed by atoms with van der Waals surface area (Å²) in [5.41, 5.74) is 0. The number of likely N-dealkylation sites (N-methyl/N-ethyl adjacent to an activating group) is 1. The fraction of sp³-hybridized carbons (Fsp3) is 0.747. The summed E-state index contributed by atoms with van der Waals surface area (Å²) in [5.74, 6) is -1.99.